The number of nitrogens with one attached hydrogen (secondary N) is 2. The summed E-state index contributed by atoms with van der Waals surface area (Å²) in [7, 11) is 0. The van der Waals surface area contributed by atoms with E-state index < -0.39 is 4.92 Å². The van der Waals surface area contributed by atoms with Crippen molar-refractivity contribution in [2.75, 3.05) is 18.5 Å². The third-order valence-corrected chi connectivity index (χ3v) is 4.44. The number of hydrogen-bond acceptors (Lipinski definition) is 7. The number of rotatable bonds is 11. The highest BCUT2D eigenvalue weighted by atomic mass is 16.6. The van der Waals surface area contributed by atoms with Crippen molar-refractivity contribution in [1.82, 2.24) is 5.43 Å². The number of para-hydroxylation sites is 1. The Kier molecular flexibility index (Phi) is 8.35. The molecule has 3 aromatic carbocycles. The van der Waals surface area contributed by atoms with Gasteiger partial charge in [0, 0.05) is 17.8 Å². The first kappa shape index (κ1) is 23.3. The Morgan fingerprint density at radius 1 is 1.03 bits per heavy atom. The topological polar surface area (TPSA) is 115 Å². The Balaban J connectivity index is 1.55. The van der Waals surface area contributed by atoms with Crippen LogP contribution in [0.15, 0.2) is 77.9 Å². The average Bonchev–Trinajstić information content (AvgIpc) is 2.83. The van der Waals surface area contributed by atoms with E-state index in [4.69, 9.17) is 9.47 Å². The van der Waals surface area contributed by atoms with Gasteiger partial charge in [-0.25, -0.2) is 5.43 Å². The summed E-state index contributed by atoms with van der Waals surface area (Å²) in [4.78, 5) is 22.3. The lowest BCUT2D eigenvalue weighted by molar-refractivity contribution is -0.384. The SMILES string of the molecule is CCOc1cc(/C=N\NC(=O)CNc2ccccc2)ccc1OCc1ccc([N+](=O)[O-])cc1. The number of carbonyl (C=O) groups is 1. The van der Waals surface area contributed by atoms with Crippen LogP contribution in [0.3, 0.4) is 0 Å². The third-order valence-electron chi connectivity index (χ3n) is 4.44. The third kappa shape index (κ3) is 7.35. The van der Waals surface area contributed by atoms with Gasteiger partial charge in [0.1, 0.15) is 6.61 Å². The molecular formula is C24H24N4O5. The second kappa shape index (κ2) is 11.8. The van der Waals surface area contributed by atoms with E-state index in [1.807, 2.05) is 37.3 Å². The highest BCUT2D eigenvalue weighted by Gasteiger charge is 2.08. The minimum absolute atomic E-state index is 0.0281. The zero-order valence-electron chi connectivity index (χ0n) is 18.1. The quantitative estimate of drug-likeness (QED) is 0.259. The highest BCUT2D eigenvalue weighted by molar-refractivity contribution is 5.84. The van der Waals surface area contributed by atoms with Gasteiger partial charge in [0.15, 0.2) is 11.5 Å². The normalized spacial score (nSPS) is 10.6. The zero-order valence-corrected chi connectivity index (χ0v) is 18.1. The molecule has 0 saturated carbocycles. The summed E-state index contributed by atoms with van der Waals surface area (Å²) >= 11 is 0. The van der Waals surface area contributed by atoms with Gasteiger partial charge in [-0.2, -0.15) is 5.10 Å². The van der Waals surface area contributed by atoms with E-state index in [-0.39, 0.29) is 24.7 Å². The molecule has 0 aromatic heterocycles. The second-order valence-corrected chi connectivity index (χ2v) is 6.86. The van der Waals surface area contributed by atoms with Crippen molar-refractivity contribution in [3.63, 3.8) is 0 Å². The van der Waals surface area contributed by atoms with E-state index in [1.165, 1.54) is 18.3 Å². The Morgan fingerprint density at radius 3 is 2.48 bits per heavy atom. The average molecular weight is 448 g/mol. The Labute approximate surface area is 191 Å². The summed E-state index contributed by atoms with van der Waals surface area (Å²) in [5, 5.41) is 17.8. The number of hydrazone groups is 1. The fourth-order valence-corrected chi connectivity index (χ4v) is 2.82. The molecule has 0 aliphatic heterocycles. The fraction of sp³-hybridized carbons (Fsp3) is 0.167. The maximum Gasteiger partial charge on any atom is 0.269 e. The summed E-state index contributed by atoms with van der Waals surface area (Å²) in [5.74, 6) is 0.784. The van der Waals surface area contributed by atoms with E-state index in [2.05, 4.69) is 15.8 Å². The second-order valence-electron chi connectivity index (χ2n) is 6.86. The van der Waals surface area contributed by atoms with E-state index in [1.54, 1.807) is 30.3 Å². The lowest BCUT2D eigenvalue weighted by atomic mass is 10.2. The van der Waals surface area contributed by atoms with Crippen LogP contribution in [0, 0.1) is 10.1 Å². The number of nitrogens with zero attached hydrogens (tertiary/aromatic N) is 2. The van der Waals surface area contributed by atoms with Crippen LogP contribution in [0.4, 0.5) is 11.4 Å². The van der Waals surface area contributed by atoms with Crippen LogP contribution in [0.5, 0.6) is 11.5 Å². The molecule has 1 amide bonds. The maximum absolute atomic E-state index is 11.9. The summed E-state index contributed by atoms with van der Waals surface area (Å²) in [6.45, 7) is 2.63. The maximum atomic E-state index is 11.9. The molecule has 9 nitrogen and oxygen atoms in total. The van der Waals surface area contributed by atoms with Crippen LogP contribution in [0.2, 0.25) is 0 Å². The van der Waals surface area contributed by atoms with Crippen LogP contribution in [0.25, 0.3) is 0 Å². The van der Waals surface area contributed by atoms with Gasteiger partial charge < -0.3 is 14.8 Å². The molecule has 2 N–H and O–H groups in total. The number of nitro benzene ring substituents is 1. The van der Waals surface area contributed by atoms with Crippen molar-refractivity contribution >= 4 is 23.5 Å². The molecule has 0 heterocycles. The molecule has 0 unspecified atom stereocenters. The van der Waals surface area contributed by atoms with Crippen LogP contribution in [0.1, 0.15) is 18.1 Å². The fourth-order valence-electron chi connectivity index (χ4n) is 2.82. The largest absolute Gasteiger partial charge is 0.490 e. The van der Waals surface area contributed by atoms with Crippen LogP contribution in [-0.2, 0) is 11.4 Å². The minimum Gasteiger partial charge on any atom is -0.490 e. The van der Waals surface area contributed by atoms with Gasteiger partial charge in [-0.15, -0.1) is 0 Å². The lowest BCUT2D eigenvalue weighted by Gasteiger charge is -2.12. The number of carbonyl (C=O) groups excluding carboxylic acids is 1. The molecule has 9 heteroatoms. The molecule has 3 rings (SSSR count). The van der Waals surface area contributed by atoms with Crippen molar-refractivity contribution in [3.8, 4) is 11.5 Å². The minimum atomic E-state index is -0.444. The van der Waals surface area contributed by atoms with Crippen LogP contribution in [-0.4, -0.2) is 30.2 Å². The Hall–Kier alpha value is -4.40. The van der Waals surface area contributed by atoms with Gasteiger partial charge in [-0.05, 0) is 60.5 Å². The Morgan fingerprint density at radius 2 is 1.79 bits per heavy atom. The molecule has 33 heavy (non-hydrogen) atoms. The first-order valence-corrected chi connectivity index (χ1v) is 10.3. The van der Waals surface area contributed by atoms with Crippen molar-refractivity contribution in [3.05, 3.63) is 94.0 Å². The van der Waals surface area contributed by atoms with Gasteiger partial charge in [-0.3, -0.25) is 14.9 Å². The molecule has 0 atom stereocenters. The van der Waals surface area contributed by atoms with Gasteiger partial charge in [0.2, 0.25) is 0 Å². The highest BCUT2D eigenvalue weighted by Crippen LogP contribution is 2.29. The number of nitro groups is 1. The van der Waals surface area contributed by atoms with Crippen molar-refractivity contribution in [2.45, 2.75) is 13.5 Å². The van der Waals surface area contributed by atoms with Gasteiger partial charge in [0.25, 0.3) is 11.6 Å². The van der Waals surface area contributed by atoms with E-state index in [0.717, 1.165) is 16.8 Å². The molecule has 0 radical (unpaired) electrons. The number of amides is 1. The van der Waals surface area contributed by atoms with E-state index >= 15 is 0 Å². The smallest absolute Gasteiger partial charge is 0.269 e. The molecule has 0 saturated heterocycles. The number of non-ortho nitro benzene ring substituents is 1. The van der Waals surface area contributed by atoms with Crippen molar-refractivity contribution in [2.24, 2.45) is 5.10 Å². The summed E-state index contributed by atoms with van der Waals surface area (Å²) < 4.78 is 11.5. The van der Waals surface area contributed by atoms with Gasteiger partial charge in [0.05, 0.1) is 24.3 Å². The molecule has 0 aliphatic rings. The van der Waals surface area contributed by atoms with Gasteiger partial charge in [-0.1, -0.05) is 18.2 Å². The Bertz CT molecular complexity index is 1100. The summed E-state index contributed by atoms with van der Waals surface area (Å²) in [6.07, 6.45) is 1.52. The molecule has 0 spiro atoms. The monoisotopic (exact) mass is 448 g/mol. The molecule has 0 aliphatic carbocycles. The van der Waals surface area contributed by atoms with Gasteiger partial charge >= 0.3 is 0 Å². The predicted octanol–water partition coefficient (Wildman–Crippen LogP) is 4.13. The van der Waals surface area contributed by atoms with Crippen LogP contribution >= 0.6 is 0 Å². The predicted molar refractivity (Wildman–Crippen MR) is 126 cm³/mol. The van der Waals surface area contributed by atoms with Crippen molar-refractivity contribution < 1.29 is 19.2 Å². The van der Waals surface area contributed by atoms with E-state index in [0.29, 0.717) is 18.1 Å². The standard InChI is InChI=1S/C24H24N4O5/c1-2-32-23-14-19(15-26-27-24(29)16-25-20-6-4-3-5-7-20)10-13-22(23)33-17-18-8-11-21(12-9-18)28(30)31/h3-15,25H,2,16-17H2,1H3,(H,27,29)/b26-15-. The summed E-state index contributed by atoms with van der Waals surface area (Å²) in [5.41, 5.74) is 4.86. The molecule has 3 aromatic rings. The lowest BCUT2D eigenvalue weighted by Crippen LogP contribution is -2.25. The number of ether oxygens (including phenoxy) is 2. The number of anilines is 1. The van der Waals surface area contributed by atoms with E-state index in [9.17, 15) is 14.9 Å². The molecule has 0 fully saturated rings. The molecule has 0 bridgehead atoms. The summed E-state index contributed by atoms with van der Waals surface area (Å²) in [6, 6.07) is 20.9. The zero-order chi connectivity index (χ0) is 23.5. The number of hydrogen-bond donors (Lipinski definition) is 2. The first-order valence-electron chi connectivity index (χ1n) is 10.3. The van der Waals surface area contributed by atoms with Crippen LogP contribution < -0.4 is 20.2 Å². The van der Waals surface area contributed by atoms with Crippen molar-refractivity contribution in [1.29, 1.82) is 0 Å². The molecular weight excluding hydrogens is 424 g/mol. The number of benzene rings is 3. The first-order chi connectivity index (χ1) is 16.0. The molecule has 170 valence electrons.